The third-order valence-corrected chi connectivity index (χ3v) is 10.5. The van der Waals surface area contributed by atoms with Gasteiger partial charge in [-0.15, -0.1) is 0 Å². The molecule has 1 amide bonds. The summed E-state index contributed by atoms with van der Waals surface area (Å²) in [6.07, 6.45) is -1.07. The minimum atomic E-state index is -2.63. The first-order valence-corrected chi connectivity index (χ1v) is 13.1. The lowest BCUT2D eigenvalue weighted by atomic mass is 9.94. The molecule has 0 spiro atoms. The van der Waals surface area contributed by atoms with Crippen LogP contribution in [-0.4, -0.2) is 70.3 Å². The van der Waals surface area contributed by atoms with E-state index in [2.05, 4.69) is 16.9 Å². The SMILES string of the molecule is C=CCOC(=O)Nc1ccn([C@]2(O)O[C@H](CO[Si](C)(C)C(C)(C)C)[C@@H](O)[C@@]2(C)O)c(=O)n1. The van der Waals surface area contributed by atoms with Crippen LogP contribution in [0.3, 0.4) is 0 Å². The van der Waals surface area contributed by atoms with Crippen molar-refractivity contribution in [2.45, 2.75) is 69.5 Å². The first kappa shape index (κ1) is 26.2. The van der Waals surface area contributed by atoms with Crippen molar-refractivity contribution in [2.24, 2.45) is 0 Å². The summed E-state index contributed by atoms with van der Waals surface area (Å²) >= 11 is 0. The van der Waals surface area contributed by atoms with E-state index < -0.39 is 43.8 Å². The second-order valence-electron chi connectivity index (χ2n) is 9.41. The zero-order valence-corrected chi connectivity index (χ0v) is 20.3. The van der Waals surface area contributed by atoms with E-state index in [0.29, 0.717) is 4.57 Å². The maximum Gasteiger partial charge on any atom is 0.413 e. The van der Waals surface area contributed by atoms with Crippen LogP contribution in [0.2, 0.25) is 18.1 Å². The van der Waals surface area contributed by atoms with Crippen LogP contribution in [-0.2, 0) is 19.8 Å². The van der Waals surface area contributed by atoms with Gasteiger partial charge in [0.1, 0.15) is 24.6 Å². The average molecular weight is 472 g/mol. The van der Waals surface area contributed by atoms with Crippen LogP contribution in [0.5, 0.6) is 0 Å². The van der Waals surface area contributed by atoms with Gasteiger partial charge in [0, 0.05) is 6.20 Å². The number of amides is 1. The van der Waals surface area contributed by atoms with Gasteiger partial charge in [0.15, 0.2) is 13.9 Å². The van der Waals surface area contributed by atoms with Crippen LogP contribution >= 0.6 is 0 Å². The van der Waals surface area contributed by atoms with E-state index >= 15 is 0 Å². The van der Waals surface area contributed by atoms with E-state index in [9.17, 15) is 24.9 Å². The number of hydrogen-bond acceptors (Lipinski definition) is 9. The van der Waals surface area contributed by atoms with Crippen molar-refractivity contribution in [1.29, 1.82) is 0 Å². The summed E-state index contributed by atoms with van der Waals surface area (Å²) in [7, 11) is -2.21. The lowest BCUT2D eigenvalue weighted by Gasteiger charge is -2.37. The highest BCUT2D eigenvalue weighted by Gasteiger charge is 2.64. The molecule has 0 aromatic carbocycles. The van der Waals surface area contributed by atoms with Gasteiger partial charge in [0.05, 0.1) is 6.61 Å². The summed E-state index contributed by atoms with van der Waals surface area (Å²) in [4.78, 5) is 27.8. The summed E-state index contributed by atoms with van der Waals surface area (Å²) in [5.41, 5.74) is -3.30. The third-order valence-electron chi connectivity index (χ3n) is 6.01. The van der Waals surface area contributed by atoms with Crippen molar-refractivity contribution >= 4 is 20.2 Å². The molecule has 12 heteroatoms. The largest absolute Gasteiger partial charge is 0.445 e. The number of rotatable bonds is 7. The van der Waals surface area contributed by atoms with Crippen LogP contribution in [0, 0.1) is 0 Å². The highest BCUT2D eigenvalue weighted by molar-refractivity contribution is 6.74. The molecule has 2 heterocycles. The van der Waals surface area contributed by atoms with Crippen LogP contribution in [0.4, 0.5) is 10.6 Å². The van der Waals surface area contributed by atoms with Gasteiger partial charge in [0.2, 0.25) is 0 Å². The molecule has 180 valence electrons. The second kappa shape index (κ2) is 9.04. The van der Waals surface area contributed by atoms with Crippen molar-refractivity contribution in [3.05, 3.63) is 35.4 Å². The molecule has 0 saturated carbocycles. The van der Waals surface area contributed by atoms with Crippen LogP contribution in [0.1, 0.15) is 27.7 Å². The van der Waals surface area contributed by atoms with Crippen LogP contribution in [0.15, 0.2) is 29.7 Å². The van der Waals surface area contributed by atoms with Crippen LogP contribution in [0.25, 0.3) is 0 Å². The van der Waals surface area contributed by atoms with Crippen molar-refractivity contribution < 1.29 is 34.0 Å². The fourth-order valence-corrected chi connectivity index (χ4v) is 3.87. The van der Waals surface area contributed by atoms with Gasteiger partial charge in [-0.25, -0.2) is 14.2 Å². The monoisotopic (exact) mass is 471 g/mol. The van der Waals surface area contributed by atoms with E-state index in [-0.39, 0.29) is 24.1 Å². The van der Waals surface area contributed by atoms with Crippen molar-refractivity contribution in [3.63, 3.8) is 0 Å². The molecule has 1 aliphatic rings. The molecule has 11 nitrogen and oxygen atoms in total. The molecule has 0 aliphatic carbocycles. The third kappa shape index (κ3) is 4.95. The molecular weight excluding hydrogens is 438 g/mol. The highest BCUT2D eigenvalue weighted by Crippen LogP contribution is 2.42. The van der Waals surface area contributed by atoms with Gasteiger partial charge < -0.3 is 29.2 Å². The first-order valence-electron chi connectivity index (χ1n) is 10.2. The normalized spacial score (nSPS) is 28.4. The fraction of sp³-hybridized carbons (Fsp3) is 0.650. The molecule has 0 radical (unpaired) electrons. The summed E-state index contributed by atoms with van der Waals surface area (Å²) < 4.78 is 17.0. The van der Waals surface area contributed by atoms with Gasteiger partial charge in [-0.2, -0.15) is 4.98 Å². The zero-order valence-electron chi connectivity index (χ0n) is 19.3. The first-order chi connectivity index (χ1) is 14.6. The number of aromatic nitrogens is 2. The number of aliphatic hydroxyl groups is 3. The highest BCUT2D eigenvalue weighted by atomic mass is 28.4. The number of carbonyl (C=O) groups excluding carboxylic acids is 1. The predicted molar refractivity (Wildman–Crippen MR) is 119 cm³/mol. The Hall–Kier alpha value is -2.09. The van der Waals surface area contributed by atoms with Crippen molar-refractivity contribution in [3.8, 4) is 0 Å². The number of nitrogens with zero attached hydrogens (tertiary/aromatic N) is 2. The van der Waals surface area contributed by atoms with Gasteiger partial charge in [-0.05, 0) is 31.1 Å². The molecule has 0 unspecified atom stereocenters. The number of carbonyl (C=O) groups is 1. The van der Waals surface area contributed by atoms with Gasteiger partial charge in [-0.3, -0.25) is 5.32 Å². The van der Waals surface area contributed by atoms with Gasteiger partial charge >= 0.3 is 11.8 Å². The predicted octanol–water partition coefficient (Wildman–Crippen LogP) is 1.11. The summed E-state index contributed by atoms with van der Waals surface area (Å²) in [6, 6.07) is 1.21. The molecule has 1 fully saturated rings. The minimum absolute atomic E-state index is 0.0322. The maximum absolute atomic E-state index is 12.6. The standard InChI is InChI=1S/C20H33N3O8Si/c1-8-11-29-17(26)22-14-9-10-23(16(25)21-14)20(28)19(5,27)15(24)13(31-20)12-30-32(6,7)18(2,3)4/h8-10,13,15,24,27-28H,1,11-12H2,2-7H3,(H,21,22,25,26)/t13-,15-,19-,20-/m1/s1. The minimum Gasteiger partial charge on any atom is -0.445 e. The van der Waals surface area contributed by atoms with Crippen molar-refractivity contribution in [2.75, 3.05) is 18.5 Å². The topological polar surface area (TPSA) is 152 Å². The second-order valence-corrected chi connectivity index (χ2v) is 14.2. The number of nitrogens with one attached hydrogen (secondary N) is 1. The number of ether oxygens (including phenoxy) is 2. The Balaban J connectivity index is 2.25. The van der Waals surface area contributed by atoms with E-state index in [1.807, 2.05) is 33.9 Å². The number of hydrogen-bond donors (Lipinski definition) is 4. The fourth-order valence-electron chi connectivity index (χ4n) is 2.86. The van der Waals surface area contributed by atoms with E-state index in [1.54, 1.807) is 0 Å². The summed E-state index contributed by atoms with van der Waals surface area (Å²) in [6.45, 7) is 14.6. The number of anilines is 1. The lowest BCUT2D eigenvalue weighted by Crippen LogP contribution is -2.58. The lowest BCUT2D eigenvalue weighted by molar-refractivity contribution is -0.321. The smallest absolute Gasteiger partial charge is 0.413 e. The molecule has 0 bridgehead atoms. The number of aliphatic hydroxyl groups excluding tert-OH is 1. The Labute approximate surface area is 187 Å². The molecule has 2 rings (SSSR count). The van der Waals surface area contributed by atoms with E-state index in [1.165, 1.54) is 12.1 Å². The zero-order chi connectivity index (χ0) is 24.5. The van der Waals surface area contributed by atoms with Crippen LogP contribution < -0.4 is 11.0 Å². The Morgan fingerprint density at radius 1 is 1.44 bits per heavy atom. The molecule has 32 heavy (non-hydrogen) atoms. The summed E-state index contributed by atoms with van der Waals surface area (Å²) in [5, 5.41) is 34.8. The van der Waals surface area contributed by atoms with Gasteiger partial charge in [0.25, 0.3) is 5.91 Å². The van der Waals surface area contributed by atoms with E-state index in [0.717, 1.165) is 13.1 Å². The molecule has 4 N–H and O–H groups in total. The Bertz CT molecular complexity index is 911. The Morgan fingerprint density at radius 2 is 2.06 bits per heavy atom. The Kier molecular flexibility index (Phi) is 7.39. The molecule has 4 atom stereocenters. The molecule has 1 aliphatic heterocycles. The van der Waals surface area contributed by atoms with Crippen molar-refractivity contribution in [1.82, 2.24) is 9.55 Å². The average Bonchev–Trinajstić information content (AvgIpc) is 2.84. The molecular formula is C20H33N3O8Si. The summed E-state index contributed by atoms with van der Waals surface area (Å²) in [5.74, 6) is -2.76. The molecule has 1 aromatic rings. The quantitative estimate of drug-likeness (QED) is 0.338. The maximum atomic E-state index is 12.6. The molecule has 1 saturated heterocycles. The van der Waals surface area contributed by atoms with E-state index in [4.69, 9.17) is 13.9 Å². The molecule has 1 aromatic heterocycles. The Morgan fingerprint density at radius 3 is 2.59 bits per heavy atom. The van der Waals surface area contributed by atoms with Gasteiger partial charge in [-0.1, -0.05) is 33.4 Å².